The summed E-state index contributed by atoms with van der Waals surface area (Å²) in [4.78, 5) is 8.89. The van der Waals surface area contributed by atoms with Crippen molar-refractivity contribution in [3.8, 4) is 0 Å². The smallest absolute Gasteiger partial charge is 0.104 e. The number of nitrogens with zero attached hydrogens (tertiary/aromatic N) is 2. The van der Waals surface area contributed by atoms with Crippen molar-refractivity contribution < 1.29 is 5.11 Å². The maximum Gasteiger partial charge on any atom is 0.104 e. The predicted molar refractivity (Wildman–Crippen MR) is 95.6 cm³/mol. The monoisotopic (exact) mass is 325 g/mol. The molecule has 0 spiro atoms. The van der Waals surface area contributed by atoms with Gasteiger partial charge in [-0.15, -0.1) is 0 Å². The van der Waals surface area contributed by atoms with Gasteiger partial charge in [-0.3, -0.25) is 9.80 Å². The lowest BCUT2D eigenvalue weighted by Gasteiger charge is -2.69. The molecule has 5 heterocycles. The number of benzene rings is 1. The second kappa shape index (κ2) is 4.84. The van der Waals surface area contributed by atoms with Crippen LogP contribution in [-0.4, -0.2) is 52.2 Å². The Balaban J connectivity index is 1.57. The number of aliphatic hydroxyl groups excluding tert-OH is 1. The van der Waals surface area contributed by atoms with Gasteiger partial charge < -0.3 is 10.1 Å². The highest BCUT2D eigenvalue weighted by atomic mass is 16.3. The van der Waals surface area contributed by atoms with Crippen molar-refractivity contribution in [1.29, 1.82) is 0 Å². The van der Waals surface area contributed by atoms with Gasteiger partial charge in [-0.2, -0.15) is 0 Å². The summed E-state index contributed by atoms with van der Waals surface area (Å²) in [5.74, 6) is 0. The van der Waals surface area contributed by atoms with Gasteiger partial charge in [-0.25, -0.2) is 0 Å². The Kier molecular flexibility index (Phi) is 3.01. The molecular weight excluding hydrogens is 298 g/mol. The fourth-order valence-corrected chi connectivity index (χ4v) is 5.86. The summed E-state index contributed by atoms with van der Waals surface area (Å²) < 4.78 is 0. The zero-order valence-electron chi connectivity index (χ0n) is 14.6. The molecule has 0 radical (unpaired) electrons. The van der Waals surface area contributed by atoms with E-state index in [-0.39, 0.29) is 16.9 Å². The van der Waals surface area contributed by atoms with Gasteiger partial charge in [0.05, 0.1) is 6.10 Å². The van der Waals surface area contributed by atoms with Crippen molar-refractivity contribution in [3.05, 3.63) is 36.0 Å². The quantitative estimate of drug-likeness (QED) is 0.912. The molecule has 0 saturated carbocycles. The predicted octanol–water partition coefficient (Wildman–Crippen LogP) is 2.97. The Morgan fingerprint density at radius 1 is 1.04 bits per heavy atom. The van der Waals surface area contributed by atoms with Gasteiger partial charge in [0.1, 0.15) is 6.17 Å². The van der Waals surface area contributed by atoms with Crippen molar-refractivity contribution >= 4 is 10.9 Å². The van der Waals surface area contributed by atoms with E-state index in [9.17, 15) is 5.11 Å². The number of H-pyrrole nitrogens is 1. The summed E-state index contributed by atoms with van der Waals surface area (Å²) in [5, 5.41) is 12.4. The van der Waals surface area contributed by atoms with Gasteiger partial charge in [0.2, 0.25) is 0 Å². The van der Waals surface area contributed by atoms with Crippen molar-refractivity contribution in [1.82, 2.24) is 14.8 Å². The van der Waals surface area contributed by atoms with E-state index in [1.165, 1.54) is 16.6 Å². The SMILES string of the molecule is CCC12CN3CC(CC)(CN(C1)C3c1cc3ccccc3[nH]1)C2O. The highest BCUT2D eigenvalue weighted by molar-refractivity contribution is 5.80. The minimum atomic E-state index is -0.156. The molecule has 4 aliphatic heterocycles. The molecule has 4 aliphatic rings. The Hall–Kier alpha value is -1.36. The largest absolute Gasteiger partial charge is 0.392 e. The second-order valence-corrected chi connectivity index (χ2v) is 8.33. The number of hydrogen-bond acceptors (Lipinski definition) is 3. The molecule has 128 valence electrons. The molecule has 4 fully saturated rings. The first-order valence-corrected chi connectivity index (χ1v) is 9.35. The minimum absolute atomic E-state index is 0.0506. The average Bonchev–Trinajstić information content (AvgIpc) is 3.02. The number of para-hydroxylation sites is 1. The van der Waals surface area contributed by atoms with Crippen molar-refractivity contribution in [2.75, 3.05) is 26.2 Å². The van der Waals surface area contributed by atoms with Crippen molar-refractivity contribution in [2.24, 2.45) is 10.8 Å². The molecule has 4 heteroatoms. The molecule has 24 heavy (non-hydrogen) atoms. The summed E-state index contributed by atoms with van der Waals surface area (Å²) in [6.07, 6.45) is 2.30. The Bertz CT molecular complexity index is 709. The zero-order chi connectivity index (χ0) is 16.5. The van der Waals surface area contributed by atoms with Gasteiger partial charge in [0.15, 0.2) is 0 Å². The number of aromatic nitrogens is 1. The summed E-state index contributed by atoms with van der Waals surface area (Å²) >= 11 is 0. The molecule has 4 bridgehead atoms. The molecule has 0 atom stereocenters. The number of fused-ring (bicyclic) bond motifs is 1. The van der Waals surface area contributed by atoms with Gasteiger partial charge in [0.25, 0.3) is 0 Å². The van der Waals surface area contributed by atoms with Gasteiger partial charge in [-0.1, -0.05) is 32.0 Å². The van der Waals surface area contributed by atoms with E-state index in [0.717, 1.165) is 39.0 Å². The van der Waals surface area contributed by atoms with Crippen LogP contribution in [0.4, 0.5) is 0 Å². The molecule has 4 nitrogen and oxygen atoms in total. The van der Waals surface area contributed by atoms with Crippen LogP contribution in [0, 0.1) is 10.8 Å². The normalized spacial score (nSPS) is 43.6. The van der Waals surface area contributed by atoms with Gasteiger partial charge in [0, 0.05) is 48.2 Å². The third-order valence-electron chi connectivity index (χ3n) is 7.16. The van der Waals surface area contributed by atoms with Gasteiger partial charge in [-0.05, 0) is 30.4 Å². The first-order valence-electron chi connectivity index (χ1n) is 9.35. The maximum absolute atomic E-state index is 11.1. The van der Waals surface area contributed by atoms with Crippen LogP contribution in [0.25, 0.3) is 10.9 Å². The van der Waals surface area contributed by atoms with E-state index in [1.807, 2.05) is 0 Å². The van der Waals surface area contributed by atoms with Crippen molar-refractivity contribution in [3.63, 3.8) is 0 Å². The standard InChI is InChI=1S/C20H27N3O/c1-3-19-10-22-12-20(4-2,18(19)24)13-23(11-19)17(22)16-9-14-7-5-6-8-15(14)21-16/h5-9,17-18,21,24H,3-4,10-13H2,1-2H3. The third kappa shape index (κ3) is 1.74. The molecule has 0 aliphatic carbocycles. The molecule has 4 saturated heterocycles. The molecular formula is C20H27N3O. The number of hydrogen-bond donors (Lipinski definition) is 2. The number of piperidine rings is 2. The van der Waals surface area contributed by atoms with Crippen LogP contribution >= 0.6 is 0 Å². The molecule has 1 aromatic carbocycles. The second-order valence-electron chi connectivity index (χ2n) is 8.33. The molecule has 0 unspecified atom stereocenters. The average molecular weight is 325 g/mol. The maximum atomic E-state index is 11.1. The van der Waals surface area contributed by atoms with Crippen LogP contribution < -0.4 is 0 Å². The lowest BCUT2D eigenvalue weighted by Crippen LogP contribution is -2.78. The lowest BCUT2D eigenvalue weighted by atomic mass is 9.57. The van der Waals surface area contributed by atoms with Crippen LogP contribution in [0.5, 0.6) is 0 Å². The number of nitrogens with one attached hydrogen (secondary N) is 1. The summed E-state index contributed by atoms with van der Waals surface area (Å²) in [7, 11) is 0. The summed E-state index contributed by atoms with van der Waals surface area (Å²) in [6.45, 7) is 8.57. The van der Waals surface area contributed by atoms with Crippen LogP contribution in [-0.2, 0) is 0 Å². The van der Waals surface area contributed by atoms with E-state index >= 15 is 0 Å². The third-order valence-corrected chi connectivity index (χ3v) is 7.16. The number of rotatable bonds is 3. The zero-order valence-corrected chi connectivity index (χ0v) is 14.6. The lowest BCUT2D eigenvalue weighted by molar-refractivity contribution is -0.267. The first kappa shape index (κ1) is 14.9. The summed E-state index contributed by atoms with van der Waals surface area (Å²) in [6, 6.07) is 10.8. The highest BCUT2D eigenvalue weighted by Crippen LogP contribution is 2.56. The molecule has 1 aromatic heterocycles. The molecule has 6 rings (SSSR count). The number of aromatic amines is 1. The van der Waals surface area contributed by atoms with E-state index in [2.05, 4.69) is 59.0 Å². The van der Waals surface area contributed by atoms with E-state index in [4.69, 9.17) is 0 Å². The number of aliphatic hydroxyl groups is 1. The van der Waals surface area contributed by atoms with Crippen LogP contribution in [0.1, 0.15) is 38.5 Å². The van der Waals surface area contributed by atoms with E-state index in [1.54, 1.807) is 0 Å². The van der Waals surface area contributed by atoms with Crippen molar-refractivity contribution in [2.45, 2.75) is 39.0 Å². The van der Waals surface area contributed by atoms with E-state index < -0.39 is 0 Å². The van der Waals surface area contributed by atoms with Crippen LogP contribution in [0.15, 0.2) is 30.3 Å². The van der Waals surface area contributed by atoms with E-state index in [0.29, 0.717) is 6.17 Å². The minimum Gasteiger partial charge on any atom is -0.392 e. The fourth-order valence-electron chi connectivity index (χ4n) is 5.86. The molecule has 2 aromatic rings. The summed E-state index contributed by atoms with van der Waals surface area (Å²) in [5.41, 5.74) is 2.63. The van der Waals surface area contributed by atoms with Gasteiger partial charge >= 0.3 is 0 Å². The van der Waals surface area contributed by atoms with Crippen LogP contribution in [0.2, 0.25) is 0 Å². The first-order chi connectivity index (χ1) is 11.6. The Morgan fingerprint density at radius 3 is 2.17 bits per heavy atom. The topological polar surface area (TPSA) is 42.5 Å². The van der Waals surface area contributed by atoms with Crippen LogP contribution in [0.3, 0.4) is 0 Å². The Morgan fingerprint density at radius 2 is 1.62 bits per heavy atom. The highest BCUT2D eigenvalue weighted by Gasteiger charge is 2.64. The molecule has 0 amide bonds. The molecule has 2 N–H and O–H groups in total. The fraction of sp³-hybridized carbons (Fsp3) is 0.600. The Labute approximate surface area is 143 Å².